The van der Waals surface area contributed by atoms with Crippen molar-refractivity contribution in [1.82, 2.24) is 15.4 Å². The van der Waals surface area contributed by atoms with E-state index in [1.165, 1.54) is 12.8 Å². The Morgan fingerprint density at radius 1 is 1.45 bits per heavy atom. The summed E-state index contributed by atoms with van der Waals surface area (Å²) in [4.78, 5) is 2.42. The molecular formula is C15H27N3O2. The normalized spacial score (nSPS) is 16.1. The third-order valence-electron chi connectivity index (χ3n) is 3.41. The monoisotopic (exact) mass is 281 g/mol. The molecule has 1 aromatic rings. The van der Waals surface area contributed by atoms with Gasteiger partial charge in [-0.15, -0.1) is 0 Å². The molecule has 0 aliphatic heterocycles. The van der Waals surface area contributed by atoms with Crippen LogP contribution in [0.4, 0.5) is 0 Å². The lowest BCUT2D eigenvalue weighted by atomic mass is 10.1. The topological polar surface area (TPSA) is 50.5 Å². The van der Waals surface area contributed by atoms with Crippen LogP contribution in [0, 0.1) is 0 Å². The summed E-state index contributed by atoms with van der Waals surface area (Å²) in [5.74, 6) is 0.943. The molecule has 5 nitrogen and oxygen atoms in total. The molecule has 1 aliphatic carbocycles. The first kappa shape index (κ1) is 15.5. The molecule has 1 aromatic heterocycles. The predicted octanol–water partition coefficient (Wildman–Crippen LogP) is 2.17. The highest BCUT2D eigenvalue weighted by Crippen LogP contribution is 2.28. The molecule has 0 unspecified atom stereocenters. The molecular weight excluding hydrogens is 254 g/mol. The first-order valence-electron chi connectivity index (χ1n) is 7.40. The number of methoxy groups -OCH3 is 1. The first-order valence-corrected chi connectivity index (χ1v) is 7.40. The van der Waals surface area contributed by atoms with E-state index in [2.05, 4.69) is 42.2 Å². The van der Waals surface area contributed by atoms with Gasteiger partial charge in [0.05, 0.1) is 18.8 Å². The molecule has 0 bridgehead atoms. The molecule has 0 aromatic carbocycles. The van der Waals surface area contributed by atoms with Crippen molar-refractivity contribution >= 4 is 0 Å². The summed E-state index contributed by atoms with van der Waals surface area (Å²) >= 11 is 0. The summed E-state index contributed by atoms with van der Waals surface area (Å²) < 4.78 is 10.6. The van der Waals surface area contributed by atoms with E-state index in [0.29, 0.717) is 6.04 Å². The second kappa shape index (κ2) is 6.70. The Bertz CT molecular complexity index is 407. The van der Waals surface area contributed by atoms with Crippen LogP contribution in [-0.2, 0) is 17.8 Å². The largest absolute Gasteiger partial charge is 0.383 e. The van der Waals surface area contributed by atoms with E-state index in [9.17, 15) is 0 Å². The Balaban J connectivity index is 1.84. The van der Waals surface area contributed by atoms with Crippen LogP contribution in [0.2, 0.25) is 0 Å². The van der Waals surface area contributed by atoms with Crippen LogP contribution in [0.1, 0.15) is 45.1 Å². The zero-order valence-electron chi connectivity index (χ0n) is 13.1. The minimum absolute atomic E-state index is 0.0949. The van der Waals surface area contributed by atoms with Gasteiger partial charge in [-0.2, -0.15) is 0 Å². The maximum absolute atomic E-state index is 5.45. The Morgan fingerprint density at radius 3 is 2.80 bits per heavy atom. The van der Waals surface area contributed by atoms with Crippen molar-refractivity contribution in [2.75, 3.05) is 20.3 Å². The van der Waals surface area contributed by atoms with Crippen LogP contribution in [-0.4, -0.2) is 41.9 Å². The fourth-order valence-corrected chi connectivity index (χ4v) is 2.11. The van der Waals surface area contributed by atoms with Gasteiger partial charge in [-0.1, -0.05) is 5.16 Å². The lowest BCUT2D eigenvalue weighted by Crippen LogP contribution is -2.35. The third kappa shape index (κ3) is 5.23. The van der Waals surface area contributed by atoms with E-state index in [0.717, 1.165) is 37.7 Å². The molecule has 114 valence electrons. The zero-order valence-corrected chi connectivity index (χ0v) is 13.1. The lowest BCUT2D eigenvalue weighted by Gasteiger charge is -2.19. The average Bonchev–Trinajstić information content (AvgIpc) is 3.12. The van der Waals surface area contributed by atoms with Gasteiger partial charge in [0.2, 0.25) is 0 Å². The number of hydrogen-bond donors (Lipinski definition) is 1. The maximum atomic E-state index is 5.45. The molecule has 0 amide bonds. The van der Waals surface area contributed by atoms with Crippen molar-refractivity contribution in [3.8, 4) is 0 Å². The molecule has 2 rings (SSSR count). The molecule has 1 fully saturated rings. The summed E-state index contributed by atoms with van der Waals surface area (Å²) in [6.45, 7) is 9.74. The van der Waals surface area contributed by atoms with Gasteiger partial charge in [-0.25, -0.2) is 0 Å². The first-order chi connectivity index (χ1) is 9.48. The van der Waals surface area contributed by atoms with Crippen LogP contribution in [0.15, 0.2) is 10.6 Å². The van der Waals surface area contributed by atoms with Gasteiger partial charge in [-0.05, 0) is 33.6 Å². The van der Waals surface area contributed by atoms with Crippen LogP contribution in [0.3, 0.4) is 0 Å². The van der Waals surface area contributed by atoms with Gasteiger partial charge in [0, 0.05) is 37.8 Å². The van der Waals surface area contributed by atoms with E-state index in [1.807, 2.05) is 0 Å². The smallest absolute Gasteiger partial charge is 0.151 e. The Hall–Kier alpha value is -0.910. The van der Waals surface area contributed by atoms with E-state index in [-0.39, 0.29) is 5.54 Å². The molecule has 0 spiro atoms. The molecule has 0 atom stereocenters. The van der Waals surface area contributed by atoms with Crippen LogP contribution in [0.5, 0.6) is 0 Å². The molecule has 1 aliphatic rings. The average molecular weight is 281 g/mol. The van der Waals surface area contributed by atoms with Crippen molar-refractivity contribution in [3.63, 3.8) is 0 Å². The molecule has 5 heteroatoms. The van der Waals surface area contributed by atoms with Gasteiger partial charge < -0.3 is 14.6 Å². The molecule has 20 heavy (non-hydrogen) atoms. The van der Waals surface area contributed by atoms with Gasteiger partial charge >= 0.3 is 0 Å². The number of rotatable bonds is 8. The molecule has 1 N–H and O–H groups in total. The number of ether oxygens (including phenoxy) is 1. The highest BCUT2D eigenvalue weighted by molar-refractivity contribution is 5.06. The van der Waals surface area contributed by atoms with Crippen molar-refractivity contribution in [3.05, 3.63) is 17.5 Å². The van der Waals surface area contributed by atoms with Gasteiger partial charge in [0.25, 0.3) is 0 Å². The summed E-state index contributed by atoms with van der Waals surface area (Å²) in [5, 5.41) is 7.56. The zero-order chi connectivity index (χ0) is 14.6. The Kier molecular flexibility index (Phi) is 5.18. The maximum Gasteiger partial charge on any atom is 0.151 e. The van der Waals surface area contributed by atoms with E-state index < -0.39 is 0 Å². The summed E-state index contributed by atoms with van der Waals surface area (Å²) in [6, 6.07) is 2.76. The fourth-order valence-electron chi connectivity index (χ4n) is 2.11. The molecule has 1 saturated carbocycles. The SMILES string of the molecule is COCCN(Cc1cc(CNC(C)(C)C)no1)C1CC1. The van der Waals surface area contributed by atoms with E-state index in [4.69, 9.17) is 9.26 Å². The van der Waals surface area contributed by atoms with Gasteiger partial charge in [-0.3, -0.25) is 4.90 Å². The minimum Gasteiger partial charge on any atom is -0.383 e. The summed E-state index contributed by atoms with van der Waals surface area (Å²) in [6.07, 6.45) is 2.58. The van der Waals surface area contributed by atoms with Gasteiger partial charge in [0.15, 0.2) is 5.76 Å². The molecule has 0 saturated heterocycles. The van der Waals surface area contributed by atoms with Crippen LogP contribution < -0.4 is 5.32 Å². The second-order valence-electron chi connectivity index (χ2n) is 6.58. The van der Waals surface area contributed by atoms with Crippen molar-refractivity contribution in [1.29, 1.82) is 0 Å². The minimum atomic E-state index is 0.0949. The number of nitrogens with one attached hydrogen (secondary N) is 1. The van der Waals surface area contributed by atoms with Crippen molar-refractivity contribution < 1.29 is 9.26 Å². The number of hydrogen-bond acceptors (Lipinski definition) is 5. The quantitative estimate of drug-likeness (QED) is 0.791. The Morgan fingerprint density at radius 2 is 2.20 bits per heavy atom. The summed E-state index contributed by atoms with van der Waals surface area (Å²) in [5.41, 5.74) is 1.06. The van der Waals surface area contributed by atoms with Crippen LogP contribution in [0.25, 0.3) is 0 Å². The van der Waals surface area contributed by atoms with Crippen LogP contribution >= 0.6 is 0 Å². The molecule has 0 radical (unpaired) electrons. The van der Waals surface area contributed by atoms with E-state index >= 15 is 0 Å². The highest BCUT2D eigenvalue weighted by atomic mass is 16.5. The van der Waals surface area contributed by atoms with Crippen molar-refractivity contribution in [2.24, 2.45) is 0 Å². The predicted molar refractivity (Wildman–Crippen MR) is 78.4 cm³/mol. The summed E-state index contributed by atoms with van der Waals surface area (Å²) in [7, 11) is 1.75. The highest BCUT2D eigenvalue weighted by Gasteiger charge is 2.29. The van der Waals surface area contributed by atoms with Gasteiger partial charge in [0.1, 0.15) is 0 Å². The molecule has 1 heterocycles. The van der Waals surface area contributed by atoms with Crippen molar-refractivity contribution in [2.45, 2.75) is 58.3 Å². The fraction of sp³-hybridized carbons (Fsp3) is 0.800. The Labute approximate surface area is 121 Å². The number of nitrogens with zero attached hydrogens (tertiary/aromatic N) is 2. The second-order valence-corrected chi connectivity index (χ2v) is 6.58. The number of aromatic nitrogens is 1. The third-order valence-corrected chi connectivity index (χ3v) is 3.41. The van der Waals surface area contributed by atoms with E-state index in [1.54, 1.807) is 7.11 Å². The lowest BCUT2D eigenvalue weighted by molar-refractivity contribution is 0.132. The standard InChI is InChI=1S/C15H27N3O2/c1-15(2,3)16-10-12-9-14(20-17-12)11-18(7-8-19-4)13-5-6-13/h9,13,16H,5-8,10-11H2,1-4H3.